The van der Waals surface area contributed by atoms with Crippen molar-refractivity contribution >= 4 is 17.6 Å². The van der Waals surface area contributed by atoms with Gasteiger partial charge < -0.3 is 10.1 Å². The van der Waals surface area contributed by atoms with E-state index in [1.807, 2.05) is 32.0 Å². The van der Waals surface area contributed by atoms with Crippen molar-refractivity contribution in [2.45, 2.75) is 20.4 Å². The molecule has 1 heterocycles. The summed E-state index contributed by atoms with van der Waals surface area (Å²) in [5, 5.41) is 13.0. The molecule has 0 fully saturated rings. The van der Waals surface area contributed by atoms with Gasteiger partial charge in [-0.05, 0) is 41.5 Å². The molecule has 110 valence electrons. The molecule has 8 nitrogen and oxygen atoms in total. The highest BCUT2D eigenvalue weighted by Gasteiger charge is 2.10. The van der Waals surface area contributed by atoms with Crippen LogP contribution in [0.15, 0.2) is 24.5 Å². The summed E-state index contributed by atoms with van der Waals surface area (Å²) >= 11 is 0. The number of aromatic nitrogens is 4. The van der Waals surface area contributed by atoms with Crippen molar-refractivity contribution in [1.29, 1.82) is 0 Å². The Bertz CT molecular complexity index is 639. The fourth-order valence-electron chi connectivity index (χ4n) is 1.63. The average molecular weight is 289 g/mol. The zero-order chi connectivity index (χ0) is 15.2. The van der Waals surface area contributed by atoms with Gasteiger partial charge in [0, 0.05) is 5.69 Å². The Morgan fingerprint density at radius 1 is 1.33 bits per heavy atom. The summed E-state index contributed by atoms with van der Waals surface area (Å²) in [5.41, 5.74) is 2.68. The Hall–Kier alpha value is -2.77. The lowest BCUT2D eigenvalue weighted by Gasteiger charge is -2.09. The van der Waals surface area contributed by atoms with Gasteiger partial charge in [0.15, 0.2) is 6.61 Å². The third-order valence-electron chi connectivity index (χ3n) is 2.71. The number of carbonyl (C=O) groups excluding carboxylic acids is 2. The van der Waals surface area contributed by atoms with Crippen LogP contribution in [-0.4, -0.2) is 38.7 Å². The fourth-order valence-corrected chi connectivity index (χ4v) is 1.63. The van der Waals surface area contributed by atoms with Crippen LogP contribution >= 0.6 is 0 Å². The maximum atomic E-state index is 11.7. The highest BCUT2D eigenvalue weighted by Crippen LogP contribution is 2.16. The van der Waals surface area contributed by atoms with E-state index in [4.69, 9.17) is 4.74 Å². The number of nitrogens with zero attached hydrogens (tertiary/aromatic N) is 4. The topological polar surface area (TPSA) is 99.0 Å². The van der Waals surface area contributed by atoms with E-state index >= 15 is 0 Å². The number of carbonyl (C=O) groups is 2. The number of amides is 1. The summed E-state index contributed by atoms with van der Waals surface area (Å²) in [6.07, 6.45) is 1.29. The molecule has 2 aromatic rings. The molecule has 0 saturated carbocycles. The standard InChI is InChI=1S/C13H15N5O3/c1-9-3-4-10(2)11(5-9)15-12(19)7-21-13(20)6-18-8-14-16-17-18/h3-5,8H,6-7H2,1-2H3,(H,15,19). The predicted molar refractivity (Wildman–Crippen MR) is 73.3 cm³/mol. The number of hydrogen-bond acceptors (Lipinski definition) is 6. The lowest BCUT2D eigenvalue weighted by Crippen LogP contribution is -2.23. The molecule has 0 aliphatic carbocycles. The van der Waals surface area contributed by atoms with Gasteiger partial charge in [0.25, 0.3) is 5.91 Å². The first-order valence-electron chi connectivity index (χ1n) is 6.28. The minimum Gasteiger partial charge on any atom is -0.454 e. The SMILES string of the molecule is Cc1ccc(C)c(NC(=O)COC(=O)Cn2cnnn2)c1. The van der Waals surface area contributed by atoms with Gasteiger partial charge in [0.1, 0.15) is 12.9 Å². The second-order valence-electron chi connectivity index (χ2n) is 4.53. The Labute approximate surface area is 121 Å². The monoisotopic (exact) mass is 289 g/mol. The molecule has 21 heavy (non-hydrogen) atoms. The third-order valence-corrected chi connectivity index (χ3v) is 2.71. The first-order valence-corrected chi connectivity index (χ1v) is 6.28. The van der Waals surface area contributed by atoms with Crippen LogP contribution in [0, 0.1) is 13.8 Å². The van der Waals surface area contributed by atoms with Gasteiger partial charge in [0.05, 0.1) is 0 Å². The van der Waals surface area contributed by atoms with Crippen molar-refractivity contribution in [3.05, 3.63) is 35.7 Å². The minimum atomic E-state index is -0.585. The zero-order valence-electron chi connectivity index (χ0n) is 11.7. The number of hydrogen-bond donors (Lipinski definition) is 1. The Morgan fingerprint density at radius 2 is 2.14 bits per heavy atom. The van der Waals surface area contributed by atoms with Crippen molar-refractivity contribution < 1.29 is 14.3 Å². The van der Waals surface area contributed by atoms with Gasteiger partial charge in [0.2, 0.25) is 0 Å². The van der Waals surface area contributed by atoms with E-state index in [-0.39, 0.29) is 13.2 Å². The fraction of sp³-hybridized carbons (Fsp3) is 0.308. The van der Waals surface area contributed by atoms with E-state index < -0.39 is 11.9 Å². The molecule has 2 rings (SSSR count). The molecule has 0 aliphatic rings. The van der Waals surface area contributed by atoms with Gasteiger partial charge in [-0.15, -0.1) is 5.10 Å². The van der Waals surface area contributed by atoms with Crippen molar-refractivity contribution in [3.63, 3.8) is 0 Å². The van der Waals surface area contributed by atoms with Crippen LogP contribution in [0.5, 0.6) is 0 Å². The largest absolute Gasteiger partial charge is 0.454 e. The van der Waals surface area contributed by atoms with Crippen LogP contribution in [-0.2, 0) is 20.9 Å². The molecule has 1 amide bonds. The number of nitrogens with one attached hydrogen (secondary N) is 1. The number of ether oxygens (including phenoxy) is 1. The molecule has 1 aromatic heterocycles. The van der Waals surface area contributed by atoms with Gasteiger partial charge in [-0.1, -0.05) is 12.1 Å². The zero-order valence-corrected chi connectivity index (χ0v) is 11.7. The van der Waals surface area contributed by atoms with Crippen LogP contribution in [0.25, 0.3) is 0 Å². The molecule has 0 radical (unpaired) electrons. The van der Waals surface area contributed by atoms with Crippen molar-refractivity contribution in [2.24, 2.45) is 0 Å². The average Bonchev–Trinajstić information content (AvgIpc) is 2.93. The van der Waals surface area contributed by atoms with Gasteiger partial charge >= 0.3 is 5.97 Å². The lowest BCUT2D eigenvalue weighted by atomic mass is 10.1. The molecule has 0 saturated heterocycles. The Morgan fingerprint density at radius 3 is 2.86 bits per heavy atom. The molecule has 0 bridgehead atoms. The summed E-state index contributed by atoms with van der Waals surface area (Å²) in [5.74, 6) is -0.979. The summed E-state index contributed by atoms with van der Waals surface area (Å²) in [7, 11) is 0. The number of benzene rings is 1. The molecule has 0 aliphatic heterocycles. The molecular formula is C13H15N5O3. The Balaban J connectivity index is 1.82. The first-order chi connectivity index (χ1) is 10.0. The molecule has 0 atom stereocenters. The maximum Gasteiger partial charge on any atom is 0.328 e. The minimum absolute atomic E-state index is 0.135. The molecule has 8 heteroatoms. The van der Waals surface area contributed by atoms with Crippen LogP contribution < -0.4 is 5.32 Å². The normalized spacial score (nSPS) is 10.2. The second-order valence-corrected chi connectivity index (χ2v) is 4.53. The first kappa shape index (κ1) is 14.6. The van der Waals surface area contributed by atoms with E-state index in [0.29, 0.717) is 5.69 Å². The smallest absolute Gasteiger partial charge is 0.328 e. The van der Waals surface area contributed by atoms with E-state index in [1.54, 1.807) is 0 Å². The summed E-state index contributed by atoms with van der Waals surface area (Å²) < 4.78 is 6.07. The van der Waals surface area contributed by atoms with E-state index in [2.05, 4.69) is 20.8 Å². The Kier molecular flexibility index (Phi) is 4.60. The van der Waals surface area contributed by atoms with Crippen LogP contribution in [0.4, 0.5) is 5.69 Å². The highest BCUT2D eigenvalue weighted by atomic mass is 16.5. The van der Waals surface area contributed by atoms with Gasteiger partial charge in [-0.2, -0.15) is 0 Å². The van der Waals surface area contributed by atoms with Crippen LogP contribution in [0.2, 0.25) is 0 Å². The van der Waals surface area contributed by atoms with Gasteiger partial charge in [-0.25, -0.2) is 4.68 Å². The summed E-state index contributed by atoms with van der Waals surface area (Å²) in [6.45, 7) is 3.33. The van der Waals surface area contributed by atoms with E-state index in [9.17, 15) is 9.59 Å². The number of esters is 1. The highest BCUT2D eigenvalue weighted by molar-refractivity contribution is 5.93. The van der Waals surface area contributed by atoms with E-state index in [1.165, 1.54) is 11.0 Å². The van der Waals surface area contributed by atoms with Crippen LogP contribution in [0.3, 0.4) is 0 Å². The van der Waals surface area contributed by atoms with E-state index in [0.717, 1.165) is 11.1 Å². The number of tetrazole rings is 1. The van der Waals surface area contributed by atoms with Crippen molar-refractivity contribution in [2.75, 3.05) is 11.9 Å². The quantitative estimate of drug-likeness (QED) is 0.803. The predicted octanol–water partition coefficient (Wildman–Crippen LogP) is 0.472. The summed E-state index contributed by atoms with van der Waals surface area (Å²) in [6, 6.07) is 5.72. The molecule has 0 spiro atoms. The molecule has 0 unspecified atom stereocenters. The lowest BCUT2D eigenvalue weighted by molar-refractivity contribution is -0.148. The number of aryl methyl sites for hydroxylation is 2. The molecule has 1 N–H and O–H groups in total. The number of rotatable bonds is 5. The van der Waals surface area contributed by atoms with Gasteiger partial charge in [-0.3, -0.25) is 9.59 Å². The van der Waals surface area contributed by atoms with Crippen molar-refractivity contribution in [1.82, 2.24) is 20.2 Å². The molecular weight excluding hydrogens is 274 g/mol. The van der Waals surface area contributed by atoms with Crippen LogP contribution in [0.1, 0.15) is 11.1 Å². The van der Waals surface area contributed by atoms with Crippen molar-refractivity contribution in [3.8, 4) is 0 Å². The number of anilines is 1. The third kappa shape index (κ3) is 4.37. The second kappa shape index (κ2) is 6.60. The summed E-state index contributed by atoms with van der Waals surface area (Å²) in [4.78, 5) is 23.2. The maximum absolute atomic E-state index is 11.7. The molecule has 1 aromatic carbocycles.